The summed E-state index contributed by atoms with van der Waals surface area (Å²) in [6.45, 7) is 1.44. The second-order valence-electron chi connectivity index (χ2n) is 10.5. The number of aromatic nitrogens is 4. The lowest BCUT2D eigenvalue weighted by Gasteiger charge is -2.17. The van der Waals surface area contributed by atoms with E-state index in [-0.39, 0.29) is 43.2 Å². The number of rotatable bonds is 10. The molecule has 41 heavy (non-hydrogen) atoms. The molecule has 10 heteroatoms. The first kappa shape index (κ1) is 26.9. The van der Waals surface area contributed by atoms with Crippen LogP contribution in [0.15, 0.2) is 67.4 Å². The number of hydrogen-bond acceptors (Lipinski definition) is 8. The number of halogens is 1. The number of nitrogens with one attached hydrogen (secondary N) is 1. The second-order valence-corrected chi connectivity index (χ2v) is 11.6. The number of aryl methyl sites for hydroxylation is 1. The van der Waals surface area contributed by atoms with Crippen molar-refractivity contribution in [2.45, 2.75) is 45.3 Å². The molecule has 1 N–H and O–H groups in total. The number of anilines is 2. The molecule has 1 fully saturated rings. The Balaban J connectivity index is 1.18. The van der Waals surface area contributed by atoms with Crippen molar-refractivity contribution in [3.8, 4) is 0 Å². The highest BCUT2D eigenvalue weighted by Crippen LogP contribution is 2.37. The zero-order chi connectivity index (χ0) is 28.5. The van der Waals surface area contributed by atoms with Crippen LogP contribution >= 0.6 is 11.3 Å². The molecule has 0 amide bonds. The summed E-state index contributed by atoms with van der Waals surface area (Å²) < 4.78 is 17.4. The van der Waals surface area contributed by atoms with Crippen LogP contribution in [0.1, 0.15) is 41.6 Å². The highest BCUT2D eigenvalue weighted by molar-refractivity contribution is 7.18. The molecule has 3 heterocycles. The molecule has 2 aromatic carbocycles. The summed E-state index contributed by atoms with van der Waals surface area (Å²) in [5, 5.41) is 4.78. The van der Waals surface area contributed by atoms with Gasteiger partial charge in [0.25, 0.3) is 0 Å². The zero-order valence-corrected chi connectivity index (χ0v) is 23.2. The summed E-state index contributed by atoms with van der Waals surface area (Å²) in [5.41, 5.74) is 3.55. The van der Waals surface area contributed by atoms with Crippen LogP contribution in [0, 0.1) is 11.8 Å². The van der Waals surface area contributed by atoms with Gasteiger partial charge in [0.2, 0.25) is 0 Å². The molecule has 1 aliphatic rings. The minimum absolute atomic E-state index is 0.0396. The first-order valence-corrected chi connectivity index (χ1v) is 14.4. The fourth-order valence-electron chi connectivity index (χ4n) is 5.73. The quantitative estimate of drug-likeness (QED) is 0.202. The van der Waals surface area contributed by atoms with Crippen molar-refractivity contribution in [1.82, 2.24) is 19.5 Å². The Morgan fingerprint density at radius 1 is 1.02 bits per heavy atom. The van der Waals surface area contributed by atoms with Crippen LogP contribution in [0.4, 0.5) is 15.8 Å². The van der Waals surface area contributed by atoms with Crippen molar-refractivity contribution in [3.05, 3.63) is 78.0 Å². The fourth-order valence-corrected chi connectivity index (χ4v) is 6.70. The Labute approximate surface area is 239 Å². The van der Waals surface area contributed by atoms with Gasteiger partial charge >= 0.3 is 0 Å². The monoisotopic (exact) mass is 569 g/mol. The number of para-hydroxylation sites is 1. The molecule has 1 aliphatic carbocycles. The maximum atomic E-state index is 14.6. The van der Waals surface area contributed by atoms with E-state index >= 15 is 0 Å². The van der Waals surface area contributed by atoms with Crippen molar-refractivity contribution in [2.24, 2.45) is 11.8 Å². The molecular formula is C31H28FN5O3S. The minimum atomic E-state index is -1.19. The fraction of sp³-hybridized carbons (Fsp3) is 0.290. The summed E-state index contributed by atoms with van der Waals surface area (Å²) >= 11 is 1.55. The molecule has 0 spiro atoms. The summed E-state index contributed by atoms with van der Waals surface area (Å²) in [6.07, 6.45) is 6.02. The normalized spacial score (nSPS) is 18.6. The molecule has 5 aromatic rings. The van der Waals surface area contributed by atoms with Gasteiger partial charge < -0.3 is 9.88 Å². The molecule has 8 nitrogen and oxygen atoms in total. The third-order valence-electron chi connectivity index (χ3n) is 7.69. The van der Waals surface area contributed by atoms with E-state index in [0.29, 0.717) is 28.6 Å². The van der Waals surface area contributed by atoms with Gasteiger partial charge in [0.05, 0.1) is 39.9 Å². The Kier molecular flexibility index (Phi) is 7.40. The highest BCUT2D eigenvalue weighted by Gasteiger charge is 2.42. The molecule has 1 saturated carbocycles. The molecule has 208 valence electrons. The topological polar surface area (TPSA) is 107 Å². The van der Waals surface area contributed by atoms with E-state index in [0.717, 1.165) is 20.9 Å². The zero-order valence-electron chi connectivity index (χ0n) is 22.4. The Hall–Kier alpha value is -4.31. The van der Waals surface area contributed by atoms with E-state index < -0.39 is 18.0 Å². The molecule has 0 radical (unpaired) electrons. The molecule has 1 unspecified atom stereocenters. The predicted octanol–water partition coefficient (Wildman–Crippen LogP) is 6.12. The number of thiazole rings is 1. The van der Waals surface area contributed by atoms with Crippen molar-refractivity contribution in [2.75, 3.05) is 5.32 Å². The highest BCUT2D eigenvalue weighted by atomic mass is 32.1. The summed E-state index contributed by atoms with van der Waals surface area (Å²) in [4.78, 5) is 51.8. The van der Waals surface area contributed by atoms with Gasteiger partial charge in [0.1, 0.15) is 18.3 Å². The predicted molar refractivity (Wildman–Crippen MR) is 156 cm³/mol. The van der Waals surface area contributed by atoms with E-state index in [1.54, 1.807) is 34.5 Å². The van der Waals surface area contributed by atoms with Crippen LogP contribution in [0.2, 0.25) is 0 Å². The summed E-state index contributed by atoms with van der Waals surface area (Å²) in [6, 6.07) is 13.4. The molecule has 3 aromatic heterocycles. The largest absolute Gasteiger partial charge is 0.353 e. The maximum absolute atomic E-state index is 14.6. The van der Waals surface area contributed by atoms with Gasteiger partial charge in [-0.25, -0.2) is 19.3 Å². The van der Waals surface area contributed by atoms with E-state index in [4.69, 9.17) is 0 Å². The van der Waals surface area contributed by atoms with E-state index in [9.17, 15) is 18.8 Å². The number of nitrogens with zero attached hydrogens (tertiary/aromatic N) is 4. The lowest BCUT2D eigenvalue weighted by Crippen LogP contribution is -2.28. The molecule has 0 saturated heterocycles. The Bertz CT molecular complexity index is 1730. The van der Waals surface area contributed by atoms with Crippen LogP contribution < -0.4 is 5.32 Å². The van der Waals surface area contributed by atoms with Crippen molar-refractivity contribution in [3.63, 3.8) is 0 Å². The molecule has 0 bridgehead atoms. The van der Waals surface area contributed by atoms with E-state index in [1.165, 1.54) is 13.3 Å². The van der Waals surface area contributed by atoms with E-state index in [1.807, 2.05) is 42.5 Å². The van der Waals surface area contributed by atoms with Crippen molar-refractivity contribution >= 4 is 61.2 Å². The number of carbonyl (C=O) groups excluding carboxylic acids is 3. The molecule has 6 rings (SSSR count). The van der Waals surface area contributed by atoms with Crippen molar-refractivity contribution in [1.29, 1.82) is 0 Å². The van der Waals surface area contributed by atoms with Gasteiger partial charge in [0, 0.05) is 53.0 Å². The number of ketones is 3. The number of alkyl halides is 1. The number of benzene rings is 2. The van der Waals surface area contributed by atoms with Crippen LogP contribution in [0.25, 0.3) is 21.1 Å². The first-order valence-electron chi connectivity index (χ1n) is 13.6. The number of Topliss-reactive ketones (excluding diaryl/α,β-unsaturated/α-hetero) is 3. The van der Waals surface area contributed by atoms with Gasteiger partial charge in [-0.05, 0) is 50.1 Å². The van der Waals surface area contributed by atoms with E-state index in [2.05, 4.69) is 20.3 Å². The standard InChI is InChI=1S/C31H28FN5O3S/c1-18(38)25-15-37(27-7-6-20(12-22(25)27)35-21-13-33-17-34-14-21)16-29(40)24-11-19(32)10-23(24)28(39)8-9-31-36-26-4-2-3-5-30(26)41-31/h2-7,12-15,17,19,23-24,35H,8-11,16H2,1H3/t19-,23-,24?/m1/s1. The number of hydrogen-bond donors (Lipinski definition) is 1. The van der Waals surface area contributed by atoms with Crippen LogP contribution in [-0.4, -0.2) is 43.0 Å². The van der Waals surface area contributed by atoms with Crippen molar-refractivity contribution < 1.29 is 18.8 Å². The smallest absolute Gasteiger partial charge is 0.161 e. The second kappa shape index (κ2) is 11.3. The van der Waals surface area contributed by atoms with Gasteiger partial charge in [0.15, 0.2) is 11.6 Å². The van der Waals surface area contributed by atoms with Gasteiger partial charge in [-0.15, -0.1) is 11.3 Å². The Morgan fingerprint density at radius 3 is 2.54 bits per heavy atom. The number of carbonyl (C=O) groups is 3. The van der Waals surface area contributed by atoms with Crippen LogP contribution in [-0.2, 0) is 22.6 Å². The molecule has 0 aliphatic heterocycles. The lowest BCUT2D eigenvalue weighted by molar-refractivity contribution is -0.131. The molecule has 3 atom stereocenters. The SMILES string of the molecule is CC(=O)c1cn(CC(=O)C2C[C@H](F)C[C@H]2C(=O)CCc2nc3ccccc3s2)c2ccc(Nc3cncnc3)cc12. The van der Waals surface area contributed by atoms with Gasteiger partial charge in [-0.3, -0.25) is 14.4 Å². The van der Waals surface area contributed by atoms with Crippen LogP contribution in [0.5, 0.6) is 0 Å². The summed E-state index contributed by atoms with van der Waals surface area (Å²) in [7, 11) is 0. The Morgan fingerprint density at radius 2 is 1.78 bits per heavy atom. The average Bonchev–Trinajstić information content (AvgIpc) is 3.67. The third-order valence-corrected chi connectivity index (χ3v) is 8.79. The third kappa shape index (κ3) is 5.65. The van der Waals surface area contributed by atoms with Crippen LogP contribution in [0.3, 0.4) is 0 Å². The maximum Gasteiger partial charge on any atom is 0.161 e. The van der Waals surface area contributed by atoms with Gasteiger partial charge in [-0.1, -0.05) is 12.1 Å². The molecular weight excluding hydrogens is 541 g/mol. The minimum Gasteiger partial charge on any atom is -0.353 e. The average molecular weight is 570 g/mol. The summed E-state index contributed by atoms with van der Waals surface area (Å²) in [5.74, 6) is -1.76. The number of fused-ring (bicyclic) bond motifs is 2. The van der Waals surface area contributed by atoms with Gasteiger partial charge in [-0.2, -0.15) is 0 Å². The lowest BCUT2D eigenvalue weighted by atomic mass is 9.86. The first-order chi connectivity index (χ1) is 19.9.